The van der Waals surface area contributed by atoms with Crippen LogP contribution in [0, 0.1) is 0 Å². The van der Waals surface area contributed by atoms with Gasteiger partial charge in [-0.15, -0.1) is 0 Å². The third-order valence-electron chi connectivity index (χ3n) is 5.02. The van der Waals surface area contributed by atoms with Gasteiger partial charge in [-0.05, 0) is 43.9 Å². The molecule has 7 nitrogen and oxygen atoms in total. The van der Waals surface area contributed by atoms with Crippen LogP contribution in [-0.4, -0.2) is 43.1 Å². The second-order valence-corrected chi connectivity index (χ2v) is 7.29. The minimum Gasteiger partial charge on any atom is -0.282 e. The number of carbonyl (C=O) groups excluding carboxylic acids is 1. The van der Waals surface area contributed by atoms with Crippen LogP contribution in [0.1, 0.15) is 55.7 Å². The SMILES string of the molecule is CC(C)c1cc(C(=O)N2[C@H](C)CCCN2c2ccccc2)nc2ncnn12. The van der Waals surface area contributed by atoms with Crippen molar-refractivity contribution in [2.24, 2.45) is 0 Å². The van der Waals surface area contributed by atoms with Crippen LogP contribution in [0.4, 0.5) is 5.69 Å². The Bertz CT molecular complexity index is 952. The van der Waals surface area contributed by atoms with Gasteiger partial charge in [0.25, 0.3) is 11.7 Å². The molecule has 1 aromatic carbocycles. The van der Waals surface area contributed by atoms with Crippen LogP contribution >= 0.6 is 0 Å². The Kier molecular flexibility index (Phi) is 4.51. The Morgan fingerprint density at radius 2 is 2.00 bits per heavy atom. The molecule has 2 aromatic heterocycles. The fourth-order valence-corrected chi connectivity index (χ4v) is 3.64. The highest BCUT2D eigenvalue weighted by atomic mass is 16.2. The van der Waals surface area contributed by atoms with E-state index in [0.29, 0.717) is 11.5 Å². The normalized spacial score (nSPS) is 17.7. The average Bonchev–Trinajstić information content (AvgIpc) is 3.15. The van der Waals surface area contributed by atoms with Gasteiger partial charge in [-0.25, -0.2) is 14.5 Å². The largest absolute Gasteiger partial charge is 0.291 e. The standard InChI is InChI=1S/C20H24N6O/c1-14(2)18-12-17(23-20-21-13-22-25(18)20)19(27)26-15(3)8-7-11-24(26)16-9-5-4-6-10-16/h4-6,9-10,12-15H,7-8,11H2,1-3H3/t15-/m1/s1. The zero-order valence-electron chi connectivity index (χ0n) is 15.9. The lowest BCUT2D eigenvalue weighted by Gasteiger charge is -2.44. The zero-order chi connectivity index (χ0) is 19.0. The lowest BCUT2D eigenvalue weighted by molar-refractivity contribution is 0.0602. The molecular formula is C20H24N6O. The quantitative estimate of drug-likeness (QED) is 0.713. The first-order chi connectivity index (χ1) is 13.1. The number of hydrogen-bond donors (Lipinski definition) is 0. The first-order valence-corrected chi connectivity index (χ1v) is 9.43. The van der Waals surface area contributed by atoms with E-state index in [2.05, 4.69) is 40.8 Å². The Morgan fingerprint density at radius 3 is 2.74 bits per heavy atom. The zero-order valence-corrected chi connectivity index (χ0v) is 15.9. The smallest absolute Gasteiger partial charge is 0.282 e. The molecule has 1 fully saturated rings. The van der Waals surface area contributed by atoms with Crippen LogP contribution in [-0.2, 0) is 0 Å². The first kappa shape index (κ1) is 17.5. The minimum absolute atomic E-state index is 0.0987. The molecule has 27 heavy (non-hydrogen) atoms. The summed E-state index contributed by atoms with van der Waals surface area (Å²) in [6, 6.07) is 12.0. The summed E-state index contributed by atoms with van der Waals surface area (Å²) in [5.74, 6) is 0.562. The Balaban J connectivity index is 1.76. The second kappa shape index (κ2) is 6.98. The van der Waals surface area contributed by atoms with Gasteiger partial charge in [-0.2, -0.15) is 10.1 Å². The summed E-state index contributed by atoms with van der Waals surface area (Å²) < 4.78 is 1.70. The van der Waals surface area contributed by atoms with Crippen molar-refractivity contribution in [3.8, 4) is 0 Å². The number of amides is 1. The number of carbonyl (C=O) groups is 1. The summed E-state index contributed by atoms with van der Waals surface area (Å²) in [6.45, 7) is 7.05. The van der Waals surface area contributed by atoms with Crippen LogP contribution in [0.5, 0.6) is 0 Å². The number of nitrogens with zero attached hydrogens (tertiary/aromatic N) is 6. The van der Waals surface area contributed by atoms with Crippen molar-refractivity contribution in [3.05, 3.63) is 54.1 Å². The Hall–Kier alpha value is -2.96. The van der Waals surface area contributed by atoms with Gasteiger partial charge in [-0.3, -0.25) is 9.80 Å². The maximum absolute atomic E-state index is 13.5. The molecule has 1 saturated heterocycles. The topological polar surface area (TPSA) is 66.6 Å². The average molecular weight is 364 g/mol. The fraction of sp³-hybridized carbons (Fsp3) is 0.400. The van der Waals surface area contributed by atoms with E-state index < -0.39 is 0 Å². The lowest BCUT2D eigenvalue weighted by Crippen LogP contribution is -2.55. The number of benzene rings is 1. The summed E-state index contributed by atoms with van der Waals surface area (Å²) in [5.41, 5.74) is 2.36. The highest BCUT2D eigenvalue weighted by molar-refractivity contribution is 5.94. The van der Waals surface area contributed by atoms with Gasteiger partial charge >= 0.3 is 0 Å². The highest BCUT2D eigenvalue weighted by Crippen LogP contribution is 2.27. The van der Waals surface area contributed by atoms with Crippen molar-refractivity contribution in [1.29, 1.82) is 0 Å². The number of hydrogen-bond acceptors (Lipinski definition) is 5. The Labute approximate surface area is 158 Å². The van der Waals surface area contributed by atoms with Crippen LogP contribution in [0.15, 0.2) is 42.7 Å². The fourth-order valence-electron chi connectivity index (χ4n) is 3.64. The first-order valence-electron chi connectivity index (χ1n) is 9.43. The maximum Gasteiger partial charge on any atom is 0.291 e. The predicted octanol–water partition coefficient (Wildman–Crippen LogP) is 3.29. The molecule has 3 heterocycles. The number of para-hydroxylation sites is 1. The summed E-state index contributed by atoms with van der Waals surface area (Å²) in [4.78, 5) is 22.2. The van der Waals surface area contributed by atoms with E-state index in [9.17, 15) is 4.79 Å². The van der Waals surface area contributed by atoms with Gasteiger partial charge in [-0.1, -0.05) is 32.0 Å². The number of aromatic nitrogens is 4. The molecule has 1 atom stereocenters. The molecule has 0 bridgehead atoms. The van der Waals surface area contributed by atoms with E-state index in [1.807, 2.05) is 41.4 Å². The number of fused-ring (bicyclic) bond motifs is 1. The van der Waals surface area contributed by atoms with Gasteiger partial charge in [0.1, 0.15) is 12.0 Å². The molecule has 0 saturated carbocycles. The number of rotatable bonds is 3. The van der Waals surface area contributed by atoms with Crippen molar-refractivity contribution in [3.63, 3.8) is 0 Å². The molecule has 1 aliphatic rings. The van der Waals surface area contributed by atoms with E-state index in [1.54, 1.807) is 4.52 Å². The number of anilines is 1. The van der Waals surface area contributed by atoms with E-state index in [0.717, 1.165) is 30.8 Å². The molecule has 4 rings (SSSR count). The molecular weight excluding hydrogens is 340 g/mol. The third kappa shape index (κ3) is 3.13. The van der Waals surface area contributed by atoms with Crippen LogP contribution < -0.4 is 5.01 Å². The molecule has 1 amide bonds. The van der Waals surface area contributed by atoms with E-state index in [1.165, 1.54) is 6.33 Å². The van der Waals surface area contributed by atoms with Gasteiger partial charge in [0, 0.05) is 6.54 Å². The van der Waals surface area contributed by atoms with Gasteiger partial charge in [0.15, 0.2) is 0 Å². The molecule has 0 unspecified atom stereocenters. The van der Waals surface area contributed by atoms with Crippen molar-refractivity contribution >= 4 is 17.4 Å². The summed E-state index contributed by atoms with van der Waals surface area (Å²) in [6.07, 6.45) is 3.50. The van der Waals surface area contributed by atoms with Crippen LogP contribution in [0.25, 0.3) is 5.78 Å². The van der Waals surface area contributed by atoms with Crippen LogP contribution in [0.2, 0.25) is 0 Å². The van der Waals surface area contributed by atoms with Crippen LogP contribution in [0.3, 0.4) is 0 Å². The molecule has 1 aliphatic heterocycles. The lowest BCUT2D eigenvalue weighted by atomic mass is 10.1. The summed E-state index contributed by atoms with van der Waals surface area (Å²) >= 11 is 0. The van der Waals surface area contributed by atoms with E-state index >= 15 is 0 Å². The summed E-state index contributed by atoms with van der Waals surface area (Å²) in [7, 11) is 0. The van der Waals surface area contributed by atoms with E-state index in [-0.39, 0.29) is 17.9 Å². The molecule has 0 spiro atoms. The van der Waals surface area contributed by atoms with Gasteiger partial charge in [0.2, 0.25) is 0 Å². The predicted molar refractivity (Wildman–Crippen MR) is 104 cm³/mol. The van der Waals surface area contributed by atoms with Gasteiger partial charge in [0.05, 0.1) is 17.4 Å². The molecule has 7 heteroatoms. The van der Waals surface area contributed by atoms with Crippen molar-refractivity contribution in [2.45, 2.75) is 45.6 Å². The molecule has 0 radical (unpaired) electrons. The molecule has 0 aliphatic carbocycles. The highest BCUT2D eigenvalue weighted by Gasteiger charge is 2.32. The van der Waals surface area contributed by atoms with E-state index in [4.69, 9.17) is 0 Å². The molecule has 140 valence electrons. The maximum atomic E-state index is 13.5. The number of hydrazine groups is 1. The minimum atomic E-state index is -0.0987. The molecule has 0 N–H and O–H groups in total. The third-order valence-corrected chi connectivity index (χ3v) is 5.02. The van der Waals surface area contributed by atoms with Crippen molar-refractivity contribution in [2.75, 3.05) is 11.6 Å². The second-order valence-electron chi connectivity index (χ2n) is 7.29. The monoisotopic (exact) mass is 364 g/mol. The van der Waals surface area contributed by atoms with Crippen molar-refractivity contribution in [1.82, 2.24) is 24.6 Å². The Morgan fingerprint density at radius 1 is 1.22 bits per heavy atom. The van der Waals surface area contributed by atoms with Gasteiger partial charge < -0.3 is 0 Å². The van der Waals surface area contributed by atoms with Crippen molar-refractivity contribution < 1.29 is 4.79 Å². The molecule has 3 aromatic rings. The summed E-state index contributed by atoms with van der Waals surface area (Å²) in [5, 5.41) is 8.15.